The van der Waals surface area contributed by atoms with Gasteiger partial charge in [0.25, 0.3) is 0 Å². The summed E-state index contributed by atoms with van der Waals surface area (Å²) in [6.45, 7) is 2.90. The molecule has 144 valence electrons. The number of ether oxygens (including phenoxy) is 3. The minimum absolute atomic E-state index is 0.215. The third kappa shape index (κ3) is 3.87. The van der Waals surface area contributed by atoms with Crippen molar-refractivity contribution in [2.45, 2.75) is 26.4 Å². The zero-order chi connectivity index (χ0) is 19.5. The van der Waals surface area contributed by atoms with Crippen LogP contribution in [-0.2, 0) is 29.0 Å². The number of methoxy groups -OCH3 is 1. The lowest BCUT2D eigenvalue weighted by atomic mass is 10.1. The van der Waals surface area contributed by atoms with Crippen LogP contribution < -0.4 is 9.47 Å². The van der Waals surface area contributed by atoms with Crippen LogP contribution in [0.5, 0.6) is 11.5 Å². The maximum absolute atomic E-state index is 12.3. The van der Waals surface area contributed by atoms with Gasteiger partial charge in [-0.25, -0.2) is 4.98 Å². The largest absolute Gasteiger partial charge is 0.496 e. The van der Waals surface area contributed by atoms with Gasteiger partial charge in [0.1, 0.15) is 23.1 Å². The number of nitrogens with zero attached hydrogens (tertiary/aromatic N) is 1. The fraction of sp³-hybridized carbons (Fsp3) is 0.273. The van der Waals surface area contributed by atoms with Gasteiger partial charge in [0.05, 0.1) is 31.4 Å². The number of para-hydroxylation sites is 1. The highest BCUT2D eigenvalue weighted by Crippen LogP contribution is 2.34. The zero-order valence-corrected chi connectivity index (χ0v) is 16.7. The van der Waals surface area contributed by atoms with Crippen molar-refractivity contribution in [2.24, 2.45) is 0 Å². The van der Waals surface area contributed by atoms with Gasteiger partial charge in [-0.2, -0.15) is 0 Å². The summed E-state index contributed by atoms with van der Waals surface area (Å²) >= 11 is 1.50. The van der Waals surface area contributed by atoms with Crippen LogP contribution in [0.15, 0.2) is 42.5 Å². The second kappa shape index (κ2) is 8.02. The lowest BCUT2D eigenvalue weighted by Gasteiger charge is -2.06. The molecule has 0 saturated heterocycles. The summed E-state index contributed by atoms with van der Waals surface area (Å²) < 4.78 is 16.4. The molecule has 0 fully saturated rings. The highest BCUT2D eigenvalue weighted by Gasteiger charge is 2.17. The van der Waals surface area contributed by atoms with E-state index in [0.29, 0.717) is 0 Å². The average molecular weight is 395 g/mol. The monoisotopic (exact) mass is 395 g/mol. The smallest absolute Gasteiger partial charge is 0.311 e. The number of rotatable bonds is 6. The van der Waals surface area contributed by atoms with Crippen LogP contribution in [0.4, 0.5) is 0 Å². The minimum Gasteiger partial charge on any atom is -0.496 e. The molecule has 0 spiro atoms. The number of thiazole rings is 1. The Morgan fingerprint density at radius 3 is 2.96 bits per heavy atom. The molecular formula is C22H21NO4S. The van der Waals surface area contributed by atoms with Gasteiger partial charge < -0.3 is 14.2 Å². The number of aryl methyl sites for hydroxylation is 1. The van der Waals surface area contributed by atoms with Gasteiger partial charge in [0.15, 0.2) is 0 Å². The molecule has 6 heteroatoms. The number of hydrogen-bond donors (Lipinski definition) is 0. The molecule has 4 rings (SSSR count). The van der Waals surface area contributed by atoms with E-state index < -0.39 is 0 Å². The van der Waals surface area contributed by atoms with Gasteiger partial charge in [0.2, 0.25) is 0 Å². The fourth-order valence-corrected chi connectivity index (χ4v) is 4.28. The summed E-state index contributed by atoms with van der Waals surface area (Å²) in [7, 11) is 1.64. The van der Waals surface area contributed by atoms with E-state index in [4.69, 9.17) is 14.2 Å². The number of hydrogen-bond acceptors (Lipinski definition) is 6. The highest BCUT2D eigenvalue weighted by molar-refractivity contribution is 7.15. The molecule has 0 bridgehead atoms. The van der Waals surface area contributed by atoms with Gasteiger partial charge in [-0.3, -0.25) is 4.79 Å². The van der Waals surface area contributed by atoms with Gasteiger partial charge in [0, 0.05) is 11.3 Å². The van der Waals surface area contributed by atoms with Crippen LogP contribution in [0.3, 0.4) is 0 Å². The van der Waals surface area contributed by atoms with Gasteiger partial charge >= 0.3 is 5.97 Å². The molecule has 1 aliphatic heterocycles. The van der Waals surface area contributed by atoms with Crippen molar-refractivity contribution in [3.05, 3.63) is 64.2 Å². The lowest BCUT2D eigenvalue weighted by molar-refractivity contribution is -0.144. The predicted octanol–water partition coefficient (Wildman–Crippen LogP) is 4.35. The van der Waals surface area contributed by atoms with Gasteiger partial charge in [-0.05, 0) is 42.3 Å². The van der Waals surface area contributed by atoms with E-state index in [1.165, 1.54) is 16.9 Å². The Hall–Kier alpha value is -2.86. The van der Waals surface area contributed by atoms with Gasteiger partial charge in [-0.15, -0.1) is 11.3 Å². The Labute approximate surface area is 167 Å². The Kier molecular flexibility index (Phi) is 5.30. The third-order valence-corrected chi connectivity index (χ3v) is 5.88. The van der Waals surface area contributed by atoms with Crippen molar-refractivity contribution >= 4 is 17.3 Å². The van der Waals surface area contributed by atoms with E-state index in [-0.39, 0.29) is 19.0 Å². The second-order valence-electron chi connectivity index (χ2n) is 6.61. The topological polar surface area (TPSA) is 57.7 Å². The van der Waals surface area contributed by atoms with Gasteiger partial charge in [-0.1, -0.05) is 18.2 Å². The zero-order valence-electron chi connectivity index (χ0n) is 15.9. The van der Waals surface area contributed by atoms with Crippen molar-refractivity contribution in [1.82, 2.24) is 4.98 Å². The first-order valence-corrected chi connectivity index (χ1v) is 9.95. The van der Waals surface area contributed by atoms with E-state index in [0.717, 1.165) is 51.2 Å². The Morgan fingerprint density at radius 2 is 2.11 bits per heavy atom. The molecule has 1 aliphatic rings. The summed E-state index contributed by atoms with van der Waals surface area (Å²) in [6, 6.07) is 13.7. The van der Waals surface area contributed by atoms with Crippen molar-refractivity contribution in [3.63, 3.8) is 0 Å². The molecule has 0 amide bonds. The maximum atomic E-state index is 12.3. The number of carbonyl (C=O) groups is 1. The van der Waals surface area contributed by atoms with Crippen molar-refractivity contribution in [1.29, 1.82) is 0 Å². The number of esters is 1. The molecule has 2 heterocycles. The molecule has 3 aromatic rings. The molecule has 28 heavy (non-hydrogen) atoms. The Balaban J connectivity index is 1.41. The van der Waals surface area contributed by atoms with Crippen LogP contribution in [0, 0.1) is 6.92 Å². The first kappa shape index (κ1) is 18.5. The van der Waals surface area contributed by atoms with Crippen molar-refractivity contribution in [2.75, 3.05) is 13.7 Å². The molecule has 5 nitrogen and oxygen atoms in total. The number of benzene rings is 2. The maximum Gasteiger partial charge on any atom is 0.311 e. The third-order valence-electron chi connectivity index (χ3n) is 4.69. The molecule has 0 aliphatic carbocycles. The molecule has 1 aromatic heterocycles. The van der Waals surface area contributed by atoms with E-state index >= 15 is 0 Å². The van der Waals surface area contributed by atoms with E-state index in [2.05, 4.69) is 4.98 Å². The molecule has 0 N–H and O–H groups in total. The molecule has 0 unspecified atom stereocenters. The minimum atomic E-state index is -0.255. The summed E-state index contributed by atoms with van der Waals surface area (Å²) in [4.78, 5) is 17.9. The molecule has 0 radical (unpaired) electrons. The van der Waals surface area contributed by atoms with E-state index in [9.17, 15) is 4.79 Å². The lowest BCUT2D eigenvalue weighted by Crippen LogP contribution is -2.08. The first-order chi connectivity index (χ1) is 13.6. The molecular weight excluding hydrogens is 374 g/mol. The summed E-state index contributed by atoms with van der Waals surface area (Å²) in [6.07, 6.45) is 1.12. The average Bonchev–Trinajstić information content (AvgIpc) is 3.32. The molecule has 0 atom stereocenters. The highest BCUT2D eigenvalue weighted by atomic mass is 32.1. The Bertz CT molecular complexity index is 1010. The van der Waals surface area contributed by atoms with Crippen molar-refractivity contribution < 1.29 is 19.0 Å². The number of aromatic nitrogens is 1. The van der Waals surface area contributed by atoms with Crippen LogP contribution in [0.2, 0.25) is 0 Å². The normalized spacial score (nSPS) is 12.4. The first-order valence-electron chi connectivity index (χ1n) is 9.14. The standard InChI is InChI=1S/C22H21NO4S/c1-14-20(28-22(23-14)17-5-3-4-6-19(17)25-2)12-21(24)27-13-15-7-8-18-16(11-15)9-10-26-18/h3-8,11H,9-10,12-13H2,1-2H3. The predicted molar refractivity (Wildman–Crippen MR) is 108 cm³/mol. The van der Waals surface area contributed by atoms with Crippen LogP contribution in [0.1, 0.15) is 21.7 Å². The quantitative estimate of drug-likeness (QED) is 0.581. The SMILES string of the molecule is COc1ccccc1-c1nc(C)c(CC(=O)OCc2ccc3c(c2)CCO3)s1. The van der Waals surface area contributed by atoms with Crippen LogP contribution in [-0.4, -0.2) is 24.7 Å². The Morgan fingerprint density at radius 1 is 1.25 bits per heavy atom. The summed E-state index contributed by atoms with van der Waals surface area (Å²) in [5.41, 5.74) is 3.93. The summed E-state index contributed by atoms with van der Waals surface area (Å²) in [5.74, 6) is 1.44. The van der Waals surface area contributed by atoms with Crippen LogP contribution >= 0.6 is 11.3 Å². The number of fused-ring (bicyclic) bond motifs is 1. The van der Waals surface area contributed by atoms with Crippen LogP contribution in [0.25, 0.3) is 10.6 Å². The second-order valence-corrected chi connectivity index (χ2v) is 7.69. The molecule has 2 aromatic carbocycles. The summed E-state index contributed by atoms with van der Waals surface area (Å²) in [5, 5.41) is 0.844. The van der Waals surface area contributed by atoms with Crippen molar-refractivity contribution in [3.8, 4) is 22.1 Å². The fourth-order valence-electron chi connectivity index (χ4n) is 3.20. The number of carbonyl (C=O) groups excluding carboxylic acids is 1. The molecule has 0 saturated carbocycles. The van der Waals surface area contributed by atoms with E-state index in [1.54, 1.807) is 7.11 Å². The van der Waals surface area contributed by atoms with E-state index in [1.807, 2.05) is 49.4 Å².